The van der Waals surface area contributed by atoms with Gasteiger partial charge in [0.25, 0.3) is 0 Å². The molecule has 0 aliphatic heterocycles. The number of hydrogen-bond donors (Lipinski definition) is 3. The first-order chi connectivity index (χ1) is 10.2. The van der Waals surface area contributed by atoms with Crippen molar-refractivity contribution in [3.63, 3.8) is 0 Å². The van der Waals surface area contributed by atoms with Gasteiger partial charge in [-0.2, -0.15) is 0 Å². The Kier molecular flexibility index (Phi) is 3.99. The van der Waals surface area contributed by atoms with E-state index in [1.165, 1.54) is 13.0 Å². The third-order valence-electron chi connectivity index (χ3n) is 3.61. The van der Waals surface area contributed by atoms with Gasteiger partial charge in [-0.05, 0) is 57.0 Å². The molecule has 5 nitrogen and oxygen atoms in total. The molecule has 0 aromatic heterocycles. The van der Waals surface area contributed by atoms with Crippen LogP contribution in [0.4, 0.5) is 0 Å². The zero-order valence-corrected chi connectivity index (χ0v) is 12.9. The molecular formula is C17H18O5. The quantitative estimate of drug-likeness (QED) is 0.585. The van der Waals surface area contributed by atoms with Gasteiger partial charge in [-0.15, -0.1) is 0 Å². The first-order valence-corrected chi connectivity index (χ1v) is 6.77. The minimum absolute atomic E-state index is 0.00399. The van der Waals surface area contributed by atoms with Crippen LogP contribution < -0.4 is 4.74 Å². The van der Waals surface area contributed by atoms with E-state index in [9.17, 15) is 20.1 Å². The van der Waals surface area contributed by atoms with Gasteiger partial charge in [0, 0.05) is 11.1 Å². The number of aromatic hydroxyl groups is 3. The van der Waals surface area contributed by atoms with Gasteiger partial charge in [0.05, 0.1) is 0 Å². The summed E-state index contributed by atoms with van der Waals surface area (Å²) in [5.41, 5.74) is 1.79. The maximum absolute atomic E-state index is 12.3. The summed E-state index contributed by atoms with van der Waals surface area (Å²) < 4.78 is 5.31. The maximum Gasteiger partial charge on any atom is 0.347 e. The molecule has 0 aliphatic carbocycles. The maximum atomic E-state index is 12.3. The summed E-state index contributed by atoms with van der Waals surface area (Å²) in [6.07, 6.45) is 0. The molecule has 5 heteroatoms. The molecule has 0 fully saturated rings. The summed E-state index contributed by atoms with van der Waals surface area (Å²) in [6, 6.07) is 4.60. The van der Waals surface area contributed by atoms with Gasteiger partial charge in [0.1, 0.15) is 28.6 Å². The van der Waals surface area contributed by atoms with Gasteiger partial charge in [-0.1, -0.05) is 0 Å². The minimum Gasteiger partial charge on any atom is -0.508 e. The fraction of sp³-hybridized carbons (Fsp3) is 0.235. The molecule has 2 aromatic carbocycles. The highest BCUT2D eigenvalue weighted by molar-refractivity contribution is 5.96. The van der Waals surface area contributed by atoms with E-state index in [2.05, 4.69) is 0 Å². The predicted molar refractivity (Wildman–Crippen MR) is 81.8 cm³/mol. The Bertz CT molecular complexity index is 762. The second-order valence-electron chi connectivity index (χ2n) is 5.36. The van der Waals surface area contributed by atoms with Crippen LogP contribution in [0.25, 0.3) is 0 Å². The molecule has 0 saturated carbocycles. The van der Waals surface area contributed by atoms with Crippen LogP contribution in [0.2, 0.25) is 0 Å². The monoisotopic (exact) mass is 302 g/mol. The van der Waals surface area contributed by atoms with Crippen molar-refractivity contribution in [1.82, 2.24) is 0 Å². The number of benzene rings is 2. The number of phenolic OH excluding ortho intramolecular Hbond substituents is 3. The van der Waals surface area contributed by atoms with E-state index in [1.54, 1.807) is 32.9 Å². The van der Waals surface area contributed by atoms with Crippen molar-refractivity contribution >= 4 is 5.97 Å². The molecule has 2 aromatic rings. The average Bonchev–Trinajstić information content (AvgIpc) is 2.41. The van der Waals surface area contributed by atoms with Crippen LogP contribution in [0.3, 0.4) is 0 Å². The first-order valence-electron chi connectivity index (χ1n) is 6.77. The fourth-order valence-corrected chi connectivity index (χ4v) is 2.20. The van der Waals surface area contributed by atoms with E-state index in [-0.39, 0.29) is 34.1 Å². The molecule has 0 spiro atoms. The lowest BCUT2D eigenvalue weighted by Crippen LogP contribution is -2.12. The van der Waals surface area contributed by atoms with E-state index in [4.69, 9.17) is 4.74 Å². The zero-order valence-electron chi connectivity index (χ0n) is 12.9. The Hall–Kier alpha value is -2.69. The molecule has 3 N–H and O–H groups in total. The highest BCUT2D eigenvalue weighted by atomic mass is 16.5. The largest absolute Gasteiger partial charge is 0.508 e. The standard InChI is InChI=1S/C17H18O5/c1-8-5-12(18)10(3)14(6-8)22-17(21)15-9(2)7-13(19)11(4)16(15)20/h5-7,18-20H,1-4H3. The van der Waals surface area contributed by atoms with E-state index < -0.39 is 5.97 Å². The highest BCUT2D eigenvalue weighted by Crippen LogP contribution is 2.34. The van der Waals surface area contributed by atoms with Crippen molar-refractivity contribution in [2.45, 2.75) is 27.7 Å². The van der Waals surface area contributed by atoms with E-state index in [0.717, 1.165) is 5.56 Å². The van der Waals surface area contributed by atoms with Gasteiger partial charge in [-0.3, -0.25) is 0 Å². The summed E-state index contributed by atoms with van der Waals surface area (Å²) >= 11 is 0. The van der Waals surface area contributed by atoms with Crippen LogP contribution in [0.1, 0.15) is 32.6 Å². The van der Waals surface area contributed by atoms with Crippen molar-refractivity contribution in [2.24, 2.45) is 0 Å². The topological polar surface area (TPSA) is 87.0 Å². The molecule has 0 unspecified atom stereocenters. The third-order valence-corrected chi connectivity index (χ3v) is 3.61. The van der Waals surface area contributed by atoms with Crippen LogP contribution in [0, 0.1) is 27.7 Å². The molecule has 0 atom stereocenters. The Morgan fingerprint density at radius 1 is 0.909 bits per heavy atom. The lowest BCUT2D eigenvalue weighted by atomic mass is 10.0. The molecule has 2 rings (SSSR count). The van der Waals surface area contributed by atoms with Crippen LogP contribution in [0.5, 0.6) is 23.0 Å². The normalized spacial score (nSPS) is 10.5. The summed E-state index contributed by atoms with van der Waals surface area (Å²) in [6.45, 7) is 6.50. The molecular weight excluding hydrogens is 284 g/mol. The second kappa shape index (κ2) is 5.60. The molecule has 0 radical (unpaired) electrons. The lowest BCUT2D eigenvalue weighted by Gasteiger charge is -2.14. The Morgan fingerprint density at radius 2 is 1.50 bits per heavy atom. The van der Waals surface area contributed by atoms with Crippen LogP contribution in [-0.2, 0) is 0 Å². The molecule has 0 bridgehead atoms. The number of phenols is 3. The SMILES string of the molecule is Cc1cc(O)c(C)c(OC(=O)c2c(C)cc(O)c(C)c2O)c1. The summed E-state index contributed by atoms with van der Waals surface area (Å²) in [5.74, 6) is -0.878. The first kappa shape index (κ1) is 15.7. The van der Waals surface area contributed by atoms with Crippen molar-refractivity contribution in [2.75, 3.05) is 0 Å². The summed E-state index contributed by atoms with van der Waals surface area (Å²) in [5, 5.41) is 29.5. The van der Waals surface area contributed by atoms with E-state index >= 15 is 0 Å². The van der Waals surface area contributed by atoms with Crippen LogP contribution in [-0.4, -0.2) is 21.3 Å². The number of esters is 1. The zero-order chi connectivity index (χ0) is 16.6. The Balaban J connectivity index is 2.45. The summed E-state index contributed by atoms with van der Waals surface area (Å²) in [7, 11) is 0. The minimum atomic E-state index is -0.744. The second-order valence-corrected chi connectivity index (χ2v) is 5.36. The summed E-state index contributed by atoms with van der Waals surface area (Å²) in [4.78, 5) is 12.3. The number of rotatable bonds is 2. The Morgan fingerprint density at radius 3 is 2.14 bits per heavy atom. The molecule has 116 valence electrons. The van der Waals surface area contributed by atoms with Gasteiger partial charge >= 0.3 is 5.97 Å². The number of carbonyl (C=O) groups is 1. The molecule has 0 amide bonds. The predicted octanol–water partition coefficient (Wildman–Crippen LogP) is 3.26. The molecule has 0 saturated heterocycles. The number of carbonyl (C=O) groups excluding carboxylic acids is 1. The van der Waals surface area contributed by atoms with Gasteiger partial charge in [0.15, 0.2) is 0 Å². The average molecular weight is 302 g/mol. The van der Waals surface area contributed by atoms with E-state index in [1.807, 2.05) is 0 Å². The van der Waals surface area contributed by atoms with Crippen LogP contribution in [0.15, 0.2) is 18.2 Å². The van der Waals surface area contributed by atoms with Crippen molar-refractivity contribution in [3.05, 3.63) is 46.0 Å². The number of ether oxygens (including phenoxy) is 1. The highest BCUT2D eigenvalue weighted by Gasteiger charge is 2.21. The Labute approximate surface area is 128 Å². The molecule has 0 heterocycles. The number of aryl methyl sites for hydroxylation is 2. The third kappa shape index (κ3) is 2.70. The molecule has 0 aliphatic rings. The lowest BCUT2D eigenvalue weighted by molar-refractivity contribution is 0.0729. The van der Waals surface area contributed by atoms with Crippen molar-refractivity contribution in [1.29, 1.82) is 0 Å². The molecule has 22 heavy (non-hydrogen) atoms. The van der Waals surface area contributed by atoms with Gasteiger partial charge in [-0.25, -0.2) is 4.79 Å². The van der Waals surface area contributed by atoms with Crippen LogP contribution >= 0.6 is 0 Å². The van der Waals surface area contributed by atoms with E-state index in [0.29, 0.717) is 11.1 Å². The fourth-order valence-electron chi connectivity index (χ4n) is 2.20. The van der Waals surface area contributed by atoms with Crippen molar-refractivity contribution < 1.29 is 24.9 Å². The van der Waals surface area contributed by atoms with Gasteiger partial charge in [0.2, 0.25) is 0 Å². The smallest absolute Gasteiger partial charge is 0.347 e. The van der Waals surface area contributed by atoms with Gasteiger partial charge < -0.3 is 20.1 Å². The number of hydrogen-bond acceptors (Lipinski definition) is 5. The van der Waals surface area contributed by atoms with Crippen molar-refractivity contribution in [3.8, 4) is 23.0 Å².